The van der Waals surface area contributed by atoms with Crippen LogP contribution in [0.2, 0.25) is 0 Å². The summed E-state index contributed by atoms with van der Waals surface area (Å²) in [7, 11) is 0. The van der Waals surface area contributed by atoms with Crippen LogP contribution in [0.15, 0.2) is 78.9 Å². The summed E-state index contributed by atoms with van der Waals surface area (Å²) in [6, 6.07) is 24.6. The molecule has 0 aliphatic heterocycles. The highest BCUT2D eigenvalue weighted by atomic mass is 16.2. The molecule has 4 nitrogen and oxygen atoms in total. The van der Waals surface area contributed by atoms with Crippen LogP contribution in [0, 0.1) is 0 Å². The molecule has 0 spiro atoms. The van der Waals surface area contributed by atoms with Gasteiger partial charge in [0.25, 0.3) is 0 Å². The van der Waals surface area contributed by atoms with Gasteiger partial charge in [-0.05, 0) is 27.8 Å². The maximum absolute atomic E-state index is 12.4. The smallest absolute Gasteiger partial charge is 0.322 e. The molecule has 4 heteroatoms. The van der Waals surface area contributed by atoms with Gasteiger partial charge < -0.3 is 5.32 Å². The first-order valence-electron chi connectivity index (χ1n) is 8.55. The summed E-state index contributed by atoms with van der Waals surface area (Å²) in [6.45, 7) is 0. The maximum atomic E-state index is 12.4. The molecule has 3 aromatic carbocycles. The van der Waals surface area contributed by atoms with Crippen LogP contribution < -0.4 is 10.6 Å². The van der Waals surface area contributed by atoms with Crippen LogP contribution in [0.25, 0.3) is 11.1 Å². The van der Waals surface area contributed by atoms with Gasteiger partial charge in [0.1, 0.15) is 0 Å². The third-order valence-corrected chi connectivity index (χ3v) is 4.57. The molecule has 1 aliphatic rings. The number of hydrogen-bond acceptors (Lipinski definition) is 2. The minimum atomic E-state index is -0.484. The van der Waals surface area contributed by atoms with Crippen molar-refractivity contribution in [1.29, 1.82) is 0 Å². The highest BCUT2D eigenvalue weighted by Crippen LogP contribution is 2.42. The van der Waals surface area contributed by atoms with Gasteiger partial charge in [-0.2, -0.15) is 0 Å². The predicted molar refractivity (Wildman–Crippen MR) is 101 cm³/mol. The molecule has 0 unspecified atom stereocenters. The second-order valence-electron chi connectivity index (χ2n) is 6.29. The lowest BCUT2D eigenvalue weighted by atomic mass is 10.1. The standard InChI is InChI=1S/C22H18N2O2/c25-20(14-15-8-2-1-3-9-15)23-22(26)24-21-18-12-6-4-10-16(18)17-11-5-7-13-19(17)21/h1-13,21H,14H2,(H2,23,24,25,26). The summed E-state index contributed by atoms with van der Waals surface area (Å²) in [5.41, 5.74) is 5.18. The van der Waals surface area contributed by atoms with Crippen molar-refractivity contribution >= 4 is 11.9 Å². The number of carbonyl (C=O) groups excluding carboxylic acids is 2. The van der Waals surface area contributed by atoms with Crippen molar-refractivity contribution < 1.29 is 9.59 Å². The summed E-state index contributed by atoms with van der Waals surface area (Å²) in [5, 5.41) is 5.37. The number of nitrogens with one attached hydrogen (secondary N) is 2. The SMILES string of the molecule is O=C(Cc1ccccc1)NC(=O)NC1c2ccccc2-c2ccccc21. The zero-order valence-electron chi connectivity index (χ0n) is 14.1. The number of rotatable bonds is 3. The Kier molecular flexibility index (Phi) is 4.23. The Morgan fingerprint density at radius 1 is 0.731 bits per heavy atom. The quantitative estimate of drug-likeness (QED) is 0.760. The molecule has 0 saturated carbocycles. The number of imide groups is 1. The minimum Gasteiger partial charge on any atom is -0.327 e. The van der Waals surface area contributed by atoms with Gasteiger partial charge in [0.2, 0.25) is 5.91 Å². The summed E-state index contributed by atoms with van der Waals surface area (Å²) in [5.74, 6) is -0.326. The lowest BCUT2D eigenvalue weighted by Gasteiger charge is -2.16. The molecule has 3 aromatic rings. The second-order valence-corrected chi connectivity index (χ2v) is 6.29. The van der Waals surface area contributed by atoms with Crippen LogP contribution in [0.3, 0.4) is 0 Å². The van der Waals surface area contributed by atoms with Crippen LogP contribution in [-0.2, 0) is 11.2 Å². The molecule has 0 radical (unpaired) electrons. The molecule has 1 aliphatic carbocycles. The molecule has 0 atom stereocenters. The fourth-order valence-corrected chi connectivity index (χ4v) is 3.43. The first-order chi connectivity index (χ1) is 12.7. The van der Waals surface area contributed by atoms with Gasteiger partial charge in [-0.1, -0.05) is 78.9 Å². The molecule has 4 rings (SSSR count). The average molecular weight is 342 g/mol. The third-order valence-electron chi connectivity index (χ3n) is 4.57. The summed E-state index contributed by atoms with van der Waals surface area (Å²) < 4.78 is 0. The number of hydrogen-bond donors (Lipinski definition) is 2. The van der Waals surface area contributed by atoms with Crippen LogP contribution in [0.4, 0.5) is 4.79 Å². The third kappa shape index (κ3) is 3.09. The van der Waals surface area contributed by atoms with Crippen molar-refractivity contribution in [2.24, 2.45) is 0 Å². The number of amides is 3. The molecular formula is C22H18N2O2. The highest BCUT2D eigenvalue weighted by molar-refractivity contribution is 5.96. The lowest BCUT2D eigenvalue weighted by molar-refractivity contribution is -0.119. The Balaban J connectivity index is 1.49. The molecule has 0 bridgehead atoms. The van der Waals surface area contributed by atoms with Crippen molar-refractivity contribution in [2.45, 2.75) is 12.5 Å². The number of urea groups is 1. The van der Waals surface area contributed by atoms with Crippen LogP contribution in [0.1, 0.15) is 22.7 Å². The van der Waals surface area contributed by atoms with E-state index in [0.29, 0.717) is 0 Å². The van der Waals surface area contributed by atoms with E-state index < -0.39 is 6.03 Å². The monoisotopic (exact) mass is 342 g/mol. The average Bonchev–Trinajstić information content (AvgIpc) is 2.97. The zero-order chi connectivity index (χ0) is 17.9. The predicted octanol–water partition coefficient (Wildman–Crippen LogP) is 3.82. The maximum Gasteiger partial charge on any atom is 0.322 e. The van der Waals surface area contributed by atoms with Crippen molar-refractivity contribution in [3.05, 3.63) is 95.6 Å². The van der Waals surface area contributed by atoms with Crippen molar-refractivity contribution in [3.8, 4) is 11.1 Å². The minimum absolute atomic E-state index is 0.173. The lowest BCUT2D eigenvalue weighted by Crippen LogP contribution is -2.41. The number of benzene rings is 3. The van der Waals surface area contributed by atoms with Gasteiger partial charge >= 0.3 is 6.03 Å². The first kappa shape index (κ1) is 16.1. The zero-order valence-corrected chi connectivity index (χ0v) is 14.1. The fourth-order valence-electron chi connectivity index (χ4n) is 3.43. The largest absolute Gasteiger partial charge is 0.327 e. The molecule has 2 N–H and O–H groups in total. The molecule has 0 fully saturated rings. The summed E-state index contributed by atoms with van der Waals surface area (Å²) in [6.07, 6.45) is 0.173. The van der Waals surface area contributed by atoms with Crippen LogP contribution in [-0.4, -0.2) is 11.9 Å². The summed E-state index contributed by atoms with van der Waals surface area (Å²) >= 11 is 0. The molecule has 128 valence electrons. The Hall–Kier alpha value is -3.40. The Morgan fingerprint density at radius 3 is 1.88 bits per heavy atom. The molecular weight excluding hydrogens is 324 g/mol. The first-order valence-corrected chi connectivity index (χ1v) is 8.55. The Labute approximate surface area is 151 Å². The van der Waals surface area contributed by atoms with E-state index in [1.807, 2.05) is 78.9 Å². The number of fused-ring (bicyclic) bond motifs is 3. The van der Waals surface area contributed by atoms with E-state index >= 15 is 0 Å². The van der Waals surface area contributed by atoms with E-state index in [9.17, 15) is 9.59 Å². The van der Waals surface area contributed by atoms with Crippen LogP contribution in [0.5, 0.6) is 0 Å². The van der Waals surface area contributed by atoms with E-state index in [4.69, 9.17) is 0 Å². The van der Waals surface area contributed by atoms with Gasteiger partial charge in [0.05, 0.1) is 12.5 Å². The van der Waals surface area contributed by atoms with Gasteiger partial charge in [-0.3, -0.25) is 10.1 Å². The Bertz CT molecular complexity index is 921. The topological polar surface area (TPSA) is 58.2 Å². The van der Waals surface area contributed by atoms with Crippen molar-refractivity contribution in [2.75, 3.05) is 0 Å². The van der Waals surface area contributed by atoms with Gasteiger partial charge in [0.15, 0.2) is 0 Å². The van der Waals surface area contributed by atoms with E-state index in [1.54, 1.807) is 0 Å². The van der Waals surface area contributed by atoms with Crippen LogP contribution >= 0.6 is 0 Å². The summed E-state index contributed by atoms with van der Waals surface area (Å²) in [4.78, 5) is 24.5. The van der Waals surface area contributed by atoms with Gasteiger partial charge in [0, 0.05) is 0 Å². The molecule has 0 aromatic heterocycles. The van der Waals surface area contributed by atoms with Gasteiger partial charge in [-0.25, -0.2) is 4.79 Å². The normalized spacial score (nSPS) is 12.2. The Morgan fingerprint density at radius 2 is 1.27 bits per heavy atom. The second kappa shape index (κ2) is 6.84. The molecule has 26 heavy (non-hydrogen) atoms. The fraction of sp³-hybridized carbons (Fsp3) is 0.0909. The van der Waals surface area contributed by atoms with Crippen molar-refractivity contribution in [3.63, 3.8) is 0 Å². The van der Waals surface area contributed by atoms with Crippen molar-refractivity contribution in [1.82, 2.24) is 10.6 Å². The van der Waals surface area contributed by atoms with E-state index in [2.05, 4.69) is 10.6 Å². The molecule has 0 saturated heterocycles. The number of carbonyl (C=O) groups is 2. The molecule has 3 amide bonds. The molecule has 0 heterocycles. The van der Waals surface area contributed by atoms with E-state index in [-0.39, 0.29) is 18.4 Å². The highest BCUT2D eigenvalue weighted by Gasteiger charge is 2.29. The van der Waals surface area contributed by atoms with Gasteiger partial charge in [-0.15, -0.1) is 0 Å². The van der Waals surface area contributed by atoms with E-state index in [1.165, 1.54) is 0 Å². The van der Waals surface area contributed by atoms with E-state index in [0.717, 1.165) is 27.8 Å².